The molecule has 0 amide bonds. The number of hydrogen-bond donors (Lipinski definition) is 0. The van der Waals surface area contributed by atoms with Gasteiger partial charge in [-0.15, -0.1) is 0 Å². The van der Waals surface area contributed by atoms with Crippen molar-refractivity contribution in [1.29, 1.82) is 0 Å². The Morgan fingerprint density at radius 1 is 0.390 bits per heavy atom. The van der Waals surface area contributed by atoms with E-state index in [-0.39, 0.29) is 5.97 Å². The molecule has 0 fully saturated rings. The molecule has 0 rings (SSSR count). The highest BCUT2D eigenvalue weighted by atomic mass is 16.5. The van der Waals surface area contributed by atoms with Gasteiger partial charge in [0.2, 0.25) is 0 Å². The van der Waals surface area contributed by atoms with Gasteiger partial charge < -0.3 is 4.74 Å². The molecule has 2 heteroatoms. The Morgan fingerprint density at radius 3 is 1.05 bits per heavy atom. The monoisotopic (exact) mass is 577 g/mol. The number of allylic oxidation sites excluding steroid dienone is 2. The minimum absolute atomic E-state index is 0.0186. The molecular weight excluding hydrogens is 500 g/mol. The lowest BCUT2D eigenvalue weighted by molar-refractivity contribution is -0.143. The first-order valence-corrected chi connectivity index (χ1v) is 19.1. The topological polar surface area (TPSA) is 26.3 Å². The van der Waals surface area contributed by atoms with Gasteiger partial charge in [0.05, 0.1) is 6.61 Å². The van der Waals surface area contributed by atoms with E-state index in [1.54, 1.807) is 0 Å². The van der Waals surface area contributed by atoms with Crippen molar-refractivity contribution in [3.8, 4) is 0 Å². The van der Waals surface area contributed by atoms with Gasteiger partial charge in [0.15, 0.2) is 0 Å². The van der Waals surface area contributed by atoms with Gasteiger partial charge in [-0.3, -0.25) is 4.79 Å². The van der Waals surface area contributed by atoms with Gasteiger partial charge in [-0.05, 0) is 38.5 Å². The molecule has 0 aromatic rings. The van der Waals surface area contributed by atoms with Crippen LogP contribution in [0.4, 0.5) is 0 Å². The molecule has 0 unspecified atom stereocenters. The van der Waals surface area contributed by atoms with E-state index in [4.69, 9.17) is 4.74 Å². The second-order valence-corrected chi connectivity index (χ2v) is 12.9. The second-order valence-electron chi connectivity index (χ2n) is 12.9. The average Bonchev–Trinajstić information content (AvgIpc) is 2.98. The Hall–Kier alpha value is -0.790. The molecule has 0 aromatic heterocycles. The first kappa shape index (κ1) is 40.2. The summed E-state index contributed by atoms with van der Waals surface area (Å²) in [4.78, 5) is 11.9. The predicted molar refractivity (Wildman–Crippen MR) is 184 cm³/mol. The summed E-state index contributed by atoms with van der Waals surface area (Å²) in [5.41, 5.74) is 0. The number of unbranched alkanes of at least 4 members (excludes halogenated alkanes) is 29. The van der Waals surface area contributed by atoms with Crippen LogP contribution in [0, 0.1) is 0 Å². The van der Waals surface area contributed by atoms with Crippen LogP contribution in [0.5, 0.6) is 0 Å². The van der Waals surface area contributed by atoms with Gasteiger partial charge in [0, 0.05) is 6.42 Å². The first-order chi connectivity index (χ1) is 20.3. The summed E-state index contributed by atoms with van der Waals surface area (Å²) in [5.74, 6) is 0.0186. The summed E-state index contributed by atoms with van der Waals surface area (Å²) in [5, 5.41) is 0. The number of esters is 1. The highest BCUT2D eigenvalue weighted by molar-refractivity contribution is 5.69. The zero-order chi connectivity index (χ0) is 29.7. The molecule has 0 heterocycles. The molecule has 0 aliphatic rings. The molecule has 0 bridgehead atoms. The Bertz CT molecular complexity index is 512. The van der Waals surface area contributed by atoms with E-state index in [0.29, 0.717) is 13.0 Å². The van der Waals surface area contributed by atoms with Gasteiger partial charge in [-0.1, -0.05) is 193 Å². The third-order valence-electron chi connectivity index (χ3n) is 8.65. The predicted octanol–water partition coefficient (Wildman–Crippen LogP) is 14.0. The molecule has 0 aromatic carbocycles. The maximum Gasteiger partial charge on any atom is 0.305 e. The highest BCUT2D eigenvalue weighted by Crippen LogP contribution is 2.15. The number of ether oxygens (including phenoxy) is 1. The van der Waals surface area contributed by atoms with E-state index in [0.717, 1.165) is 19.3 Å². The molecule has 0 saturated carbocycles. The van der Waals surface area contributed by atoms with Crippen molar-refractivity contribution < 1.29 is 9.53 Å². The molecule has 0 radical (unpaired) electrons. The van der Waals surface area contributed by atoms with Gasteiger partial charge in [0.1, 0.15) is 0 Å². The van der Waals surface area contributed by atoms with Gasteiger partial charge in [0.25, 0.3) is 0 Å². The van der Waals surface area contributed by atoms with Crippen LogP contribution in [0.1, 0.15) is 226 Å². The Kier molecular flexibility index (Phi) is 36.5. The van der Waals surface area contributed by atoms with Crippen LogP contribution < -0.4 is 0 Å². The number of hydrogen-bond acceptors (Lipinski definition) is 2. The zero-order valence-corrected chi connectivity index (χ0v) is 28.5. The normalized spacial score (nSPS) is 11.6. The van der Waals surface area contributed by atoms with E-state index in [9.17, 15) is 4.79 Å². The molecule has 0 atom stereocenters. The highest BCUT2D eigenvalue weighted by Gasteiger charge is 2.02. The molecule has 244 valence electrons. The van der Waals surface area contributed by atoms with Crippen LogP contribution >= 0.6 is 0 Å². The van der Waals surface area contributed by atoms with Gasteiger partial charge >= 0.3 is 5.97 Å². The molecule has 2 nitrogen and oxygen atoms in total. The fourth-order valence-corrected chi connectivity index (χ4v) is 5.78. The van der Waals surface area contributed by atoms with E-state index in [1.807, 2.05) is 0 Å². The van der Waals surface area contributed by atoms with Crippen molar-refractivity contribution in [3.05, 3.63) is 12.2 Å². The van der Waals surface area contributed by atoms with E-state index in [1.165, 1.54) is 186 Å². The number of rotatable bonds is 35. The standard InChI is InChI=1S/C39H76O2/c1-3-5-7-9-11-13-15-17-19-20-21-22-24-26-28-30-32-34-36-38-41-39(40)37-35-33-31-29-27-25-23-18-16-14-12-10-8-6-4-2/h18,23H,3-17,19-22,24-38H2,1-2H3/b23-18-. The number of carbonyl (C=O) groups is 1. The van der Waals surface area contributed by atoms with Crippen molar-refractivity contribution >= 4 is 5.97 Å². The summed E-state index contributed by atoms with van der Waals surface area (Å²) < 4.78 is 5.45. The Balaban J connectivity index is 3.17. The van der Waals surface area contributed by atoms with E-state index >= 15 is 0 Å². The number of carbonyl (C=O) groups excluding carboxylic acids is 1. The fourth-order valence-electron chi connectivity index (χ4n) is 5.78. The largest absolute Gasteiger partial charge is 0.466 e. The van der Waals surface area contributed by atoms with Crippen LogP contribution in [0.2, 0.25) is 0 Å². The molecule has 0 saturated heterocycles. The molecular formula is C39H76O2. The summed E-state index contributed by atoms with van der Waals surface area (Å²) in [6.45, 7) is 5.20. The summed E-state index contributed by atoms with van der Waals surface area (Å²) in [6.07, 6.45) is 48.6. The second kappa shape index (κ2) is 37.2. The van der Waals surface area contributed by atoms with Crippen LogP contribution in [0.3, 0.4) is 0 Å². The summed E-state index contributed by atoms with van der Waals surface area (Å²) in [7, 11) is 0. The third kappa shape index (κ3) is 37.2. The van der Waals surface area contributed by atoms with Gasteiger partial charge in [-0.2, -0.15) is 0 Å². The quantitative estimate of drug-likeness (QED) is 0.0426. The molecule has 0 spiro atoms. The maximum absolute atomic E-state index is 11.9. The van der Waals surface area contributed by atoms with Crippen LogP contribution in [-0.2, 0) is 9.53 Å². The van der Waals surface area contributed by atoms with Crippen molar-refractivity contribution in [3.63, 3.8) is 0 Å². The van der Waals surface area contributed by atoms with Crippen LogP contribution in [0.15, 0.2) is 12.2 Å². The van der Waals surface area contributed by atoms with Crippen LogP contribution in [-0.4, -0.2) is 12.6 Å². The lowest BCUT2D eigenvalue weighted by Crippen LogP contribution is -2.05. The minimum Gasteiger partial charge on any atom is -0.466 e. The minimum atomic E-state index is 0.0186. The van der Waals surface area contributed by atoms with Crippen molar-refractivity contribution in [2.24, 2.45) is 0 Å². The molecule has 0 aliphatic carbocycles. The average molecular weight is 577 g/mol. The zero-order valence-electron chi connectivity index (χ0n) is 28.5. The Morgan fingerprint density at radius 2 is 0.683 bits per heavy atom. The van der Waals surface area contributed by atoms with Crippen LogP contribution in [0.25, 0.3) is 0 Å². The smallest absolute Gasteiger partial charge is 0.305 e. The Labute approximate surface area is 259 Å². The van der Waals surface area contributed by atoms with Crippen molar-refractivity contribution in [2.75, 3.05) is 6.61 Å². The molecule has 41 heavy (non-hydrogen) atoms. The third-order valence-corrected chi connectivity index (χ3v) is 8.65. The molecule has 0 N–H and O–H groups in total. The fraction of sp³-hybridized carbons (Fsp3) is 0.923. The SMILES string of the molecule is CCCCCCCC/C=C\CCCCCCCC(=O)OCCCCCCCCCCCCCCCCCCCCC. The summed E-state index contributed by atoms with van der Waals surface area (Å²) >= 11 is 0. The van der Waals surface area contributed by atoms with Gasteiger partial charge in [-0.25, -0.2) is 0 Å². The molecule has 0 aliphatic heterocycles. The van der Waals surface area contributed by atoms with Crippen molar-refractivity contribution in [1.82, 2.24) is 0 Å². The lowest BCUT2D eigenvalue weighted by atomic mass is 10.0. The van der Waals surface area contributed by atoms with Crippen molar-refractivity contribution in [2.45, 2.75) is 226 Å². The first-order valence-electron chi connectivity index (χ1n) is 19.1. The van der Waals surface area contributed by atoms with E-state index in [2.05, 4.69) is 26.0 Å². The maximum atomic E-state index is 11.9. The van der Waals surface area contributed by atoms with E-state index < -0.39 is 0 Å². The summed E-state index contributed by atoms with van der Waals surface area (Å²) in [6, 6.07) is 0. The lowest BCUT2D eigenvalue weighted by Gasteiger charge is -2.06.